The molecule has 0 bridgehead atoms. The van der Waals surface area contributed by atoms with E-state index in [2.05, 4.69) is 32.1 Å². The number of ketones is 1. The predicted octanol–water partition coefficient (Wildman–Crippen LogP) is 1.83. The van der Waals surface area contributed by atoms with Gasteiger partial charge >= 0.3 is 0 Å². The lowest BCUT2D eigenvalue weighted by atomic mass is 9.85. The number of hydrogen-bond acceptors (Lipinski definition) is 7. The Morgan fingerprint density at radius 1 is 1.19 bits per heavy atom. The van der Waals surface area contributed by atoms with Crippen LogP contribution >= 0.6 is 0 Å². The summed E-state index contributed by atoms with van der Waals surface area (Å²) in [5, 5.41) is 6.63. The van der Waals surface area contributed by atoms with Crippen molar-refractivity contribution in [3.8, 4) is 0 Å². The average molecular weight is 498 g/mol. The Morgan fingerprint density at radius 2 is 1.86 bits per heavy atom. The molecule has 11 nitrogen and oxygen atoms in total. The van der Waals surface area contributed by atoms with Crippen LogP contribution in [0, 0.1) is 5.41 Å². The summed E-state index contributed by atoms with van der Waals surface area (Å²) >= 11 is 0. The number of likely N-dealkylation sites (N-methyl/N-ethyl adjacent to an activating group) is 1. The van der Waals surface area contributed by atoms with Crippen LogP contribution in [-0.2, 0) is 14.3 Å². The molecule has 0 aliphatic carbocycles. The number of benzene rings is 1. The van der Waals surface area contributed by atoms with E-state index in [0.29, 0.717) is 5.56 Å². The maximum Gasteiger partial charge on any atom is 0.251 e. The zero-order chi connectivity index (χ0) is 26.0. The summed E-state index contributed by atoms with van der Waals surface area (Å²) in [5.74, 6) is -0.967. The Hall–Kier alpha value is -3.14. The number of carbonyl (C=O) groups is 3. The van der Waals surface area contributed by atoms with Crippen molar-refractivity contribution >= 4 is 23.3 Å². The highest BCUT2D eigenvalue weighted by Gasteiger charge is 2.53. The van der Waals surface area contributed by atoms with Gasteiger partial charge in [-0.25, -0.2) is 0 Å². The monoisotopic (exact) mass is 497 g/mol. The molecule has 3 aliphatic rings. The van der Waals surface area contributed by atoms with E-state index < -0.39 is 29.6 Å². The van der Waals surface area contributed by atoms with Crippen LogP contribution in [0.25, 0.3) is 10.4 Å². The Balaban J connectivity index is 1.47. The fourth-order valence-electron chi connectivity index (χ4n) is 5.20. The molecular weight excluding hydrogens is 462 g/mol. The number of ether oxygens (including phenoxy) is 1. The highest BCUT2D eigenvalue weighted by Crippen LogP contribution is 2.32. The zero-order valence-electron chi connectivity index (χ0n) is 21.4. The quantitative estimate of drug-likeness (QED) is 0.362. The maximum atomic E-state index is 13.7. The van der Waals surface area contributed by atoms with Crippen LogP contribution in [0.4, 0.5) is 5.69 Å². The van der Waals surface area contributed by atoms with Gasteiger partial charge in [-0.2, -0.15) is 0 Å². The number of rotatable bonds is 6. The topological polar surface area (TPSA) is 131 Å². The summed E-state index contributed by atoms with van der Waals surface area (Å²) < 4.78 is 5.52. The highest BCUT2D eigenvalue weighted by molar-refractivity contribution is 5.99. The molecular formula is C25H35N7O4. The first-order valence-corrected chi connectivity index (χ1v) is 12.5. The zero-order valence-corrected chi connectivity index (χ0v) is 21.4. The summed E-state index contributed by atoms with van der Waals surface area (Å²) in [4.78, 5) is 48.3. The van der Waals surface area contributed by atoms with Crippen LogP contribution in [0.15, 0.2) is 29.4 Å². The minimum Gasteiger partial charge on any atom is -0.369 e. The van der Waals surface area contributed by atoms with Crippen LogP contribution in [0.5, 0.6) is 0 Å². The number of nitrogens with zero attached hydrogens (tertiary/aromatic N) is 6. The number of Topliss-reactive ketones (excluding diaryl/α,β-unsaturated/α-hetero) is 1. The largest absolute Gasteiger partial charge is 0.369 e. The smallest absolute Gasteiger partial charge is 0.251 e. The normalized spacial score (nSPS) is 25.3. The number of amides is 2. The van der Waals surface area contributed by atoms with Gasteiger partial charge in [-0.3, -0.25) is 14.4 Å². The first kappa shape index (κ1) is 25.9. The number of piperazine rings is 1. The predicted molar refractivity (Wildman–Crippen MR) is 135 cm³/mol. The molecule has 0 unspecified atom stereocenters. The van der Waals surface area contributed by atoms with Crippen molar-refractivity contribution in [1.82, 2.24) is 15.1 Å². The molecule has 3 heterocycles. The van der Waals surface area contributed by atoms with Crippen LogP contribution < -0.4 is 10.2 Å². The summed E-state index contributed by atoms with van der Waals surface area (Å²) in [5.41, 5.74) is 9.80. The van der Waals surface area contributed by atoms with Crippen LogP contribution in [-0.4, -0.2) is 97.5 Å². The summed E-state index contributed by atoms with van der Waals surface area (Å²) in [6, 6.07) is 5.10. The number of anilines is 1. The number of likely N-dealkylation sites (tertiary alicyclic amines) is 1. The van der Waals surface area contributed by atoms with E-state index >= 15 is 0 Å². The molecule has 3 fully saturated rings. The summed E-state index contributed by atoms with van der Waals surface area (Å²) in [7, 11) is 0. The van der Waals surface area contributed by atoms with Crippen LogP contribution in [0.3, 0.4) is 0 Å². The Morgan fingerprint density at radius 3 is 2.44 bits per heavy atom. The molecule has 0 aromatic heterocycles. The molecule has 1 aromatic rings. The second-order valence-electron chi connectivity index (χ2n) is 10.7. The number of fused-ring (bicyclic) bond motifs is 1. The third-order valence-electron chi connectivity index (χ3n) is 7.34. The standard InChI is InChI=1S/C25H35N7O4/c1-5-30-10-12-31(13-11-30)17-8-6-16(7-9-17)23(34)27-22(25(2,3)4)24(35)32-14-18(28-29-26)21-20(32)19(33)15-36-21/h6-9,18,20-22H,5,10-15H2,1-4H3,(H,27,34)/t18-,20-,21-,22-/m1/s1. The summed E-state index contributed by atoms with van der Waals surface area (Å²) in [6.07, 6.45) is -0.652. The lowest BCUT2D eigenvalue weighted by molar-refractivity contribution is -0.140. The molecule has 11 heteroatoms. The van der Waals surface area contributed by atoms with E-state index in [1.807, 2.05) is 32.9 Å². The van der Waals surface area contributed by atoms with E-state index in [9.17, 15) is 14.4 Å². The molecule has 4 atom stereocenters. The molecule has 0 saturated carbocycles. The molecule has 3 saturated heterocycles. The minimum absolute atomic E-state index is 0.0758. The molecule has 36 heavy (non-hydrogen) atoms. The van der Waals surface area contributed by atoms with Gasteiger partial charge < -0.3 is 24.8 Å². The maximum absolute atomic E-state index is 13.7. The van der Waals surface area contributed by atoms with Gasteiger partial charge in [0.05, 0.1) is 12.1 Å². The van der Waals surface area contributed by atoms with Gasteiger partial charge in [-0.1, -0.05) is 32.8 Å². The number of azide groups is 1. The van der Waals surface area contributed by atoms with Crippen molar-refractivity contribution in [2.75, 3.05) is 50.8 Å². The van der Waals surface area contributed by atoms with Gasteiger partial charge in [0.2, 0.25) is 5.91 Å². The van der Waals surface area contributed by atoms with Gasteiger partial charge in [0.1, 0.15) is 18.7 Å². The van der Waals surface area contributed by atoms with Crippen LogP contribution in [0.1, 0.15) is 38.1 Å². The van der Waals surface area contributed by atoms with Gasteiger partial charge in [-0.05, 0) is 41.8 Å². The second-order valence-corrected chi connectivity index (χ2v) is 10.7. The van der Waals surface area contributed by atoms with E-state index in [4.69, 9.17) is 10.3 Å². The average Bonchev–Trinajstić information content (AvgIpc) is 3.42. The number of nitrogens with one attached hydrogen (secondary N) is 1. The molecule has 194 valence electrons. The van der Waals surface area contributed by atoms with Gasteiger partial charge in [0.25, 0.3) is 5.91 Å². The summed E-state index contributed by atoms with van der Waals surface area (Å²) in [6.45, 7) is 12.7. The van der Waals surface area contributed by atoms with Gasteiger partial charge in [0.15, 0.2) is 5.78 Å². The van der Waals surface area contributed by atoms with E-state index in [-0.39, 0.29) is 30.7 Å². The van der Waals surface area contributed by atoms with Crippen molar-refractivity contribution in [2.24, 2.45) is 10.5 Å². The highest BCUT2D eigenvalue weighted by atomic mass is 16.5. The fraction of sp³-hybridized carbons (Fsp3) is 0.640. The molecule has 1 aromatic carbocycles. The third-order valence-corrected chi connectivity index (χ3v) is 7.34. The van der Waals surface area contributed by atoms with Gasteiger partial charge in [-0.15, -0.1) is 0 Å². The number of hydrogen-bond donors (Lipinski definition) is 1. The van der Waals surface area contributed by atoms with Crippen molar-refractivity contribution in [2.45, 2.75) is 51.9 Å². The molecule has 4 rings (SSSR count). The van der Waals surface area contributed by atoms with E-state index in [1.54, 1.807) is 12.1 Å². The molecule has 1 N–H and O–H groups in total. The first-order chi connectivity index (χ1) is 17.1. The van der Waals surface area contributed by atoms with Crippen molar-refractivity contribution in [3.63, 3.8) is 0 Å². The molecule has 0 radical (unpaired) electrons. The Labute approximate surface area is 211 Å². The first-order valence-electron chi connectivity index (χ1n) is 12.5. The van der Waals surface area contributed by atoms with Crippen molar-refractivity contribution in [3.05, 3.63) is 40.3 Å². The molecule has 3 aliphatic heterocycles. The molecule has 2 amide bonds. The number of carbonyl (C=O) groups excluding carboxylic acids is 3. The van der Waals surface area contributed by atoms with Crippen LogP contribution in [0.2, 0.25) is 0 Å². The Kier molecular flexibility index (Phi) is 7.54. The van der Waals surface area contributed by atoms with Crippen molar-refractivity contribution in [1.29, 1.82) is 0 Å². The molecule has 0 spiro atoms. The minimum atomic E-state index is -0.884. The fourth-order valence-corrected chi connectivity index (χ4v) is 5.20. The van der Waals surface area contributed by atoms with Gasteiger partial charge in [0, 0.05) is 48.9 Å². The lowest BCUT2D eigenvalue weighted by Gasteiger charge is -2.36. The SMILES string of the molecule is CCN1CCN(c2ccc(C(=O)N[C@H](C(=O)N3C[C@@H](N=[N+]=[N-])[C@H]4OCC(=O)[C@H]43)C(C)(C)C)cc2)CC1. The second kappa shape index (κ2) is 10.5. The Bertz CT molecular complexity index is 1040. The van der Waals surface area contributed by atoms with E-state index in [0.717, 1.165) is 38.4 Å². The lowest BCUT2D eigenvalue weighted by Crippen LogP contribution is -2.57. The van der Waals surface area contributed by atoms with E-state index in [1.165, 1.54) is 4.90 Å². The third kappa shape index (κ3) is 5.18. The van der Waals surface area contributed by atoms with Crippen molar-refractivity contribution < 1.29 is 19.1 Å².